The molecule has 0 spiro atoms. The Morgan fingerprint density at radius 2 is 1.84 bits per heavy atom. The van der Waals surface area contributed by atoms with Crippen molar-refractivity contribution in [1.29, 1.82) is 0 Å². The maximum Gasteiger partial charge on any atom is 0.267 e. The van der Waals surface area contributed by atoms with Gasteiger partial charge in [0.2, 0.25) is 0 Å². The highest BCUT2D eigenvalue weighted by Gasteiger charge is 2.29. The summed E-state index contributed by atoms with van der Waals surface area (Å²) in [7, 11) is 0. The van der Waals surface area contributed by atoms with E-state index >= 15 is 0 Å². The molecule has 8 heteroatoms. The molecule has 0 radical (unpaired) electrons. The Labute approximate surface area is 182 Å². The first-order valence-electron chi connectivity index (χ1n) is 10.8. The fraction of sp³-hybridized carbons (Fsp3) is 0.435. The van der Waals surface area contributed by atoms with Crippen molar-refractivity contribution in [2.45, 2.75) is 19.8 Å². The lowest BCUT2D eigenvalue weighted by Gasteiger charge is -2.35. The minimum Gasteiger partial charge on any atom is -0.483 e. The number of piperazine rings is 1. The summed E-state index contributed by atoms with van der Waals surface area (Å²) in [5, 5.41) is 0. The highest BCUT2D eigenvalue weighted by Crippen LogP contribution is 2.25. The molecule has 31 heavy (non-hydrogen) atoms. The number of hydrogen-bond donors (Lipinski definition) is 1. The average molecular weight is 424 g/mol. The minimum absolute atomic E-state index is 0.0964. The molecule has 8 nitrogen and oxygen atoms in total. The van der Waals surface area contributed by atoms with Gasteiger partial charge in [-0.1, -0.05) is 6.07 Å². The zero-order chi connectivity index (χ0) is 21.8. The Kier molecular flexibility index (Phi) is 6.36. The first-order valence-corrected chi connectivity index (χ1v) is 10.8. The highest BCUT2D eigenvalue weighted by molar-refractivity contribution is 6.07. The Morgan fingerprint density at radius 3 is 2.61 bits per heavy atom. The van der Waals surface area contributed by atoms with Crippen molar-refractivity contribution in [3.63, 3.8) is 0 Å². The Morgan fingerprint density at radius 1 is 1.06 bits per heavy atom. The number of pyridine rings is 1. The van der Waals surface area contributed by atoms with Gasteiger partial charge in [-0.3, -0.25) is 19.4 Å². The van der Waals surface area contributed by atoms with Gasteiger partial charge in [0.1, 0.15) is 5.75 Å². The molecule has 3 heterocycles. The van der Waals surface area contributed by atoms with E-state index in [2.05, 4.69) is 14.8 Å². The summed E-state index contributed by atoms with van der Waals surface area (Å²) in [5.74, 6) is 0.810. The molecule has 4 rings (SSSR count). The second-order valence-electron chi connectivity index (χ2n) is 8.09. The molecule has 1 saturated heterocycles. The van der Waals surface area contributed by atoms with Crippen molar-refractivity contribution >= 4 is 23.3 Å². The predicted molar refractivity (Wildman–Crippen MR) is 119 cm³/mol. The number of ether oxygens (including phenoxy) is 1. The molecule has 2 N–H and O–H groups in total. The van der Waals surface area contributed by atoms with Crippen LogP contribution in [0.25, 0.3) is 0 Å². The van der Waals surface area contributed by atoms with Crippen LogP contribution in [0.3, 0.4) is 0 Å². The minimum atomic E-state index is -0.277. The van der Waals surface area contributed by atoms with Gasteiger partial charge in [-0.2, -0.15) is 0 Å². The van der Waals surface area contributed by atoms with E-state index in [1.165, 1.54) is 4.90 Å². The van der Waals surface area contributed by atoms with Crippen LogP contribution < -0.4 is 15.4 Å². The van der Waals surface area contributed by atoms with Crippen LogP contribution in [0, 0.1) is 6.92 Å². The molecule has 0 aliphatic carbocycles. The average Bonchev–Trinajstić information content (AvgIpc) is 2.88. The van der Waals surface area contributed by atoms with E-state index < -0.39 is 0 Å². The van der Waals surface area contributed by atoms with Crippen LogP contribution in [0.2, 0.25) is 0 Å². The summed E-state index contributed by atoms with van der Waals surface area (Å²) in [4.78, 5) is 35.6. The third kappa shape index (κ3) is 4.80. The van der Waals surface area contributed by atoms with Crippen LogP contribution in [0.15, 0.2) is 36.5 Å². The quantitative estimate of drug-likeness (QED) is 0.561. The van der Waals surface area contributed by atoms with Crippen LogP contribution in [0.1, 0.15) is 28.8 Å². The molecule has 2 aliphatic heterocycles. The van der Waals surface area contributed by atoms with E-state index in [0.717, 1.165) is 56.9 Å². The molecule has 1 aromatic heterocycles. The van der Waals surface area contributed by atoms with Gasteiger partial charge in [-0.25, -0.2) is 4.98 Å². The van der Waals surface area contributed by atoms with Crippen LogP contribution in [0.4, 0.5) is 11.5 Å². The number of carbonyl (C=O) groups is 2. The SMILES string of the molecule is Cc1ccc2c(c1)OCC(=O)N(CCCCN1CCN(c3ncccc3N)CC1)C2=O. The number of rotatable bonds is 6. The number of hydrogen-bond acceptors (Lipinski definition) is 7. The molecule has 0 unspecified atom stereocenters. The van der Waals surface area contributed by atoms with Crippen molar-refractivity contribution < 1.29 is 14.3 Å². The van der Waals surface area contributed by atoms with Gasteiger partial charge in [-0.15, -0.1) is 0 Å². The summed E-state index contributed by atoms with van der Waals surface area (Å²) in [6.45, 7) is 6.85. The summed E-state index contributed by atoms with van der Waals surface area (Å²) >= 11 is 0. The molecule has 2 aromatic rings. The Hall–Kier alpha value is -3.13. The lowest BCUT2D eigenvalue weighted by Crippen LogP contribution is -2.47. The number of nitrogen functional groups attached to an aromatic ring is 1. The van der Waals surface area contributed by atoms with Crippen molar-refractivity contribution in [3.8, 4) is 5.75 Å². The number of aryl methyl sites for hydroxylation is 1. The van der Waals surface area contributed by atoms with Gasteiger partial charge in [0.05, 0.1) is 11.3 Å². The molecule has 1 aromatic carbocycles. The molecule has 1 fully saturated rings. The van der Waals surface area contributed by atoms with Gasteiger partial charge in [0.25, 0.3) is 11.8 Å². The van der Waals surface area contributed by atoms with E-state index in [1.54, 1.807) is 12.3 Å². The van der Waals surface area contributed by atoms with Crippen molar-refractivity contribution in [2.75, 3.05) is 56.5 Å². The second kappa shape index (κ2) is 9.34. The number of nitrogens with two attached hydrogens (primary N) is 1. The molecule has 164 valence electrons. The highest BCUT2D eigenvalue weighted by atomic mass is 16.5. The maximum absolute atomic E-state index is 12.8. The smallest absolute Gasteiger partial charge is 0.267 e. The van der Waals surface area contributed by atoms with E-state index in [9.17, 15) is 9.59 Å². The Balaban J connectivity index is 1.24. The van der Waals surface area contributed by atoms with E-state index in [4.69, 9.17) is 10.5 Å². The van der Waals surface area contributed by atoms with Crippen LogP contribution >= 0.6 is 0 Å². The lowest BCUT2D eigenvalue weighted by molar-refractivity contribution is -0.130. The predicted octanol–water partition coefficient (Wildman–Crippen LogP) is 1.94. The molecular formula is C23H29N5O3. The number of amides is 2. The summed E-state index contributed by atoms with van der Waals surface area (Å²) in [6, 6.07) is 9.15. The third-order valence-corrected chi connectivity index (χ3v) is 5.86. The molecule has 0 atom stereocenters. The number of carbonyl (C=O) groups excluding carboxylic acids is 2. The number of imide groups is 1. The van der Waals surface area contributed by atoms with Crippen molar-refractivity contribution in [1.82, 2.24) is 14.8 Å². The monoisotopic (exact) mass is 423 g/mol. The fourth-order valence-electron chi connectivity index (χ4n) is 4.09. The van der Waals surface area contributed by atoms with Gasteiger partial charge < -0.3 is 15.4 Å². The fourth-order valence-corrected chi connectivity index (χ4v) is 4.09. The topological polar surface area (TPSA) is 92.0 Å². The van der Waals surface area contributed by atoms with Gasteiger partial charge >= 0.3 is 0 Å². The number of unbranched alkanes of at least 4 members (excludes halogenated alkanes) is 1. The van der Waals surface area contributed by atoms with Crippen LogP contribution in [-0.2, 0) is 4.79 Å². The summed E-state index contributed by atoms with van der Waals surface area (Å²) < 4.78 is 5.56. The zero-order valence-corrected chi connectivity index (χ0v) is 17.9. The molecular weight excluding hydrogens is 394 g/mol. The molecule has 0 bridgehead atoms. The Bertz CT molecular complexity index is 956. The summed E-state index contributed by atoms with van der Waals surface area (Å²) in [5.41, 5.74) is 8.21. The standard InChI is InChI=1S/C23H29N5O3/c1-17-6-7-18-20(15-17)31-16-21(29)28(23(18)30)10-3-2-9-26-11-13-27(14-12-26)22-19(24)5-4-8-25-22/h4-8,15H,2-3,9-14,16,24H2,1H3. The second-order valence-corrected chi connectivity index (χ2v) is 8.09. The number of fused-ring (bicyclic) bond motifs is 1. The number of benzene rings is 1. The maximum atomic E-state index is 12.8. The molecule has 2 aliphatic rings. The van der Waals surface area contributed by atoms with Crippen LogP contribution in [0.5, 0.6) is 5.75 Å². The first kappa shape index (κ1) is 21.1. The van der Waals surface area contributed by atoms with Gasteiger partial charge in [0, 0.05) is 38.9 Å². The van der Waals surface area contributed by atoms with Gasteiger partial charge in [0.15, 0.2) is 12.4 Å². The van der Waals surface area contributed by atoms with Gasteiger partial charge in [-0.05, 0) is 56.1 Å². The van der Waals surface area contributed by atoms with E-state index in [1.807, 2.05) is 31.2 Å². The number of anilines is 2. The molecule has 0 saturated carbocycles. The van der Waals surface area contributed by atoms with E-state index in [-0.39, 0.29) is 18.4 Å². The number of nitrogens with zero attached hydrogens (tertiary/aromatic N) is 4. The normalized spacial score (nSPS) is 17.3. The zero-order valence-electron chi connectivity index (χ0n) is 17.9. The van der Waals surface area contributed by atoms with Crippen molar-refractivity contribution in [3.05, 3.63) is 47.7 Å². The lowest BCUT2D eigenvalue weighted by atomic mass is 10.1. The third-order valence-electron chi connectivity index (χ3n) is 5.86. The largest absolute Gasteiger partial charge is 0.483 e. The molecule has 2 amide bonds. The summed E-state index contributed by atoms with van der Waals surface area (Å²) in [6.07, 6.45) is 3.46. The van der Waals surface area contributed by atoms with E-state index in [0.29, 0.717) is 23.5 Å². The number of aromatic nitrogens is 1. The van der Waals surface area contributed by atoms with Crippen LogP contribution in [-0.4, -0.2) is 72.5 Å². The van der Waals surface area contributed by atoms with Crippen molar-refractivity contribution in [2.24, 2.45) is 0 Å². The first-order chi connectivity index (χ1) is 15.0.